The van der Waals surface area contributed by atoms with Gasteiger partial charge in [0.25, 0.3) is 0 Å². The lowest BCUT2D eigenvalue weighted by Gasteiger charge is -2.10. The van der Waals surface area contributed by atoms with Crippen molar-refractivity contribution in [2.75, 3.05) is 12.8 Å². The maximum absolute atomic E-state index is 11.1. The summed E-state index contributed by atoms with van der Waals surface area (Å²) in [5, 5.41) is 0.521. The molecule has 1 amide bonds. The molecular formula is C15H15ClN2O2S. The number of carbonyl (C=O) groups excluding carboxylic acids is 1. The van der Waals surface area contributed by atoms with Crippen molar-refractivity contribution in [1.29, 1.82) is 0 Å². The fraction of sp³-hybridized carbons (Fsp3) is 0.133. The first-order valence-corrected chi connectivity index (χ1v) is 7.52. The molecule has 0 atom stereocenters. The molecule has 0 fully saturated rings. The number of benzene rings is 2. The van der Waals surface area contributed by atoms with E-state index in [9.17, 15) is 4.79 Å². The Balaban J connectivity index is 2.15. The summed E-state index contributed by atoms with van der Waals surface area (Å²) in [5.41, 5.74) is 12.9. The maximum Gasteiger partial charge on any atom is 0.248 e. The first-order valence-electron chi connectivity index (χ1n) is 6.16. The first-order chi connectivity index (χ1) is 10.0. The summed E-state index contributed by atoms with van der Waals surface area (Å²) in [4.78, 5) is 12.1. The van der Waals surface area contributed by atoms with Crippen LogP contribution in [-0.2, 0) is 5.75 Å². The molecule has 2 rings (SSSR count). The third-order valence-corrected chi connectivity index (χ3v) is 4.36. The summed E-state index contributed by atoms with van der Waals surface area (Å²) in [6.45, 7) is 0. The molecule has 21 heavy (non-hydrogen) atoms. The highest BCUT2D eigenvalue weighted by Gasteiger charge is 2.09. The highest BCUT2D eigenvalue weighted by atomic mass is 35.5. The third-order valence-electron chi connectivity index (χ3n) is 2.91. The van der Waals surface area contributed by atoms with Crippen molar-refractivity contribution in [3.8, 4) is 5.75 Å². The fourth-order valence-electron chi connectivity index (χ4n) is 1.78. The molecule has 0 aliphatic carbocycles. The van der Waals surface area contributed by atoms with Crippen LogP contribution in [0.5, 0.6) is 5.75 Å². The van der Waals surface area contributed by atoms with Gasteiger partial charge in [0.1, 0.15) is 5.75 Å². The molecule has 0 bridgehead atoms. The van der Waals surface area contributed by atoms with E-state index in [1.165, 1.54) is 0 Å². The lowest BCUT2D eigenvalue weighted by atomic mass is 10.1. The number of rotatable bonds is 5. The van der Waals surface area contributed by atoms with Crippen LogP contribution < -0.4 is 16.2 Å². The van der Waals surface area contributed by atoms with Gasteiger partial charge in [-0.2, -0.15) is 0 Å². The summed E-state index contributed by atoms with van der Waals surface area (Å²) in [5.74, 6) is 0.888. The van der Waals surface area contributed by atoms with Crippen LogP contribution in [0.25, 0.3) is 0 Å². The molecule has 0 radical (unpaired) electrons. The number of anilines is 1. The predicted molar refractivity (Wildman–Crippen MR) is 86.9 cm³/mol. The second-order valence-corrected chi connectivity index (χ2v) is 5.79. The highest BCUT2D eigenvalue weighted by Crippen LogP contribution is 2.34. The van der Waals surface area contributed by atoms with Crippen molar-refractivity contribution in [2.45, 2.75) is 10.6 Å². The van der Waals surface area contributed by atoms with Crippen molar-refractivity contribution >= 4 is 35.0 Å². The van der Waals surface area contributed by atoms with Gasteiger partial charge in [0, 0.05) is 33.0 Å². The van der Waals surface area contributed by atoms with Crippen LogP contribution in [0.3, 0.4) is 0 Å². The molecule has 0 aromatic heterocycles. The Kier molecular flexibility index (Phi) is 4.98. The summed E-state index contributed by atoms with van der Waals surface area (Å²) >= 11 is 7.75. The zero-order valence-corrected chi connectivity index (χ0v) is 13.0. The number of primary amides is 1. The number of hydrogen-bond donors (Lipinski definition) is 2. The zero-order chi connectivity index (χ0) is 15.4. The largest absolute Gasteiger partial charge is 0.496 e. The molecule has 0 saturated carbocycles. The molecular weight excluding hydrogens is 308 g/mol. The first kappa shape index (κ1) is 15.5. The van der Waals surface area contributed by atoms with Crippen molar-refractivity contribution in [2.24, 2.45) is 5.73 Å². The molecule has 0 aliphatic rings. The molecule has 4 N–H and O–H groups in total. The van der Waals surface area contributed by atoms with Crippen molar-refractivity contribution in [3.63, 3.8) is 0 Å². The summed E-state index contributed by atoms with van der Waals surface area (Å²) in [6, 6.07) is 10.6. The average Bonchev–Trinajstić information content (AvgIpc) is 2.46. The Bertz CT molecular complexity index is 677. The van der Waals surface area contributed by atoms with E-state index in [2.05, 4.69) is 0 Å². The molecule has 0 saturated heterocycles. The highest BCUT2D eigenvalue weighted by molar-refractivity contribution is 7.98. The second kappa shape index (κ2) is 6.74. The Morgan fingerprint density at radius 2 is 2.05 bits per heavy atom. The minimum atomic E-state index is -0.490. The maximum atomic E-state index is 11.1. The van der Waals surface area contributed by atoms with E-state index in [-0.39, 0.29) is 0 Å². The molecule has 2 aromatic rings. The van der Waals surface area contributed by atoms with E-state index in [0.29, 0.717) is 22.0 Å². The van der Waals surface area contributed by atoms with E-state index in [1.54, 1.807) is 43.1 Å². The van der Waals surface area contributed by atoms with E-state index >= 15 is 0 Å². The normalized spacial score (nSPS) is 10.4. The van der Waals surface area contributed by atoms with Crippen LogP contribution in [0.15, 0.2) is 41.3 Å². The Hall–Kier alpha value is -1.85. The van der Waals surface area contributed by atoms with Gasteiger partial charge in [-0.1, -0.05) is 17.7 Å². The Labute approximate surface area is 132 Å². The standard InChI is InChI=1S/C15H15ClN2O2S/c1-20-13-7-11(17)4-5-14(13)21-8-10-3-2-9(15(18)19)6-12(10)16/h2-7H,8,17H2,1H3,(H2,18,19). The van der Waals surface area contributed by atoms with Crippen LogP contribution in [0.4, 0.5) is 5.69 Å². The summed E-state index contributed by atoms with van der Waals surface area (Å²) < 4.78 is 5.30. The van der Waals surface area contributed by atoms with Crippen molar-refractivity contribution in [1.82, 2.24) is 0 Å². The van der Waals surface area contributed by atoms with E-state index in [1.807, 2.05) is 12.1 Å². The van der Waals surface area contributed by atoms with Crippen LogP contribution in [0.1, 0.15) is 15.9 Å². The number of methoxy groups -OCH3 is 1. The summed E-state index contributed by atoms with van der Waals surface area (Å²) in [6.07, 6.45) is 0. The van der Waals surface area contributed by atoms with Gasteiger partial charge in [-0.05, 0) is 29.8 Å². The third kappa shape index (κ3) is 3.83. The molecule has 2 aromatic carbocycles. The van der Waals surface area contributed by atoms with Gasteiger partial charge in [0.05, 0.1) is 7.11 Å². The van der Waals surface area contributed by atoms with Gasteiger partial charge >= 0.3 is 0 Å². The number of carbonyl (C=O) groups is 1. The number of ether oxygens (including phenoxy) is 1. The van der Waals surface area contributed by atoms with Gasteiger partial charge < -0.3 is 16.2 Å². The van der Waals surface area contributed by atoms with Crippen LogP contribution >= 0.6 is 23.4 Å². The Morgan fingerprint density at radius 3 is 2.67 bits per heavy atom. The minimum Gasteiger partial charge on any atom is -0.496 e. The van der Waals surface area contributed by atoms with Crippen LogP contribution in [0.2, 0.25) is 5.02 Å². The minimum absolute atomic E-state index is 0.402. The number of amides is 1. The van der Waals surface area contributed by atoms with E-state index in [4.69, 9.17) is 27.8 Å². The molecule has 110 valence electrons. The van der Waals surface area contributed by atoms with Crippen LogP contribution in [0, 0.1) is 0 Å². The predicted octanol–water partition coefficient (Wildman–Crippen LogP) is 3.32. The molecule has 0 unspecified atom stereocenters. The fourth-order valence-corrected chi connectivity index (χ4v) is 3.11. The molecule has 0 spiro atoms. The SMILES string of the molecule is COc1cc(N)ccc1SCc1ccc(C(N)=O)cc1Cl. The van der Waals surface area contributed by atoms with E-state index in [0.717, 1.165) is 16.2 Å². The van der Waals surface area contributed by atoms with Gasteiger partial charge in [-0.15, -0.1) is 11.8 Å². The lowest BCUT2D eigenvalue weighted by Crippen LogP contribution is -2.10. The lowest BCUT2D eigenvalue weighted by molar-refractivity contribution is 0.100. The van der Waals surface area contributed by atoms with Gasteiger partial charge in [-0.3, -0.25) is 4.79 Å². The molecule has 0 aliphatic heterocycles. The monoisotopic (exact) mass is 322 g/mol. The molecule has 6 heteroatoms. The number of hydrogen-bond acceptors (Lipinski definition) is 4. The second-order valence-electron chi connectivity index (χ2n) is 4.37. The number of thioether (sulfide) groups is 1. The van der Waals surface area contributed by atoms with Crippen molar-refractivity contribution in [3.05, 3.63) is 52.5 Å². The zero-order valence-electron chi connectivity index (χ0n) is 11.4. The van der Waals surface area contributed by atoms with Gasteiger partial charge in [-0.25, -0.2) is 0 Å². The smallest absolute Gasteiger partial charge is 0.248 e. The molecule has 4 nitrogen and oxygen atoms in total. The Morgan fingerprint density at radius 1 is 1.29 bits per heavy atom. The van der Waals surface area contributed by atoms with E-state index < -0.39 is 5.91 Å². The number of nitrogens with two attached hydrogens (primary N) is 2. The number of nitrogen functional groups attached to an aromatic ring is 1. The van der Waals surface area contributed by atoms with Crippen LogP contribution in [-0.4, -0.2) is 13.0 Å². The van der Waals surface area contributed by atoms with Crippen molar-refractivity contribution < 1.29 is 9.53 Å². The average molecular weight is 323 g/mol. The summed E-state index contributed by atoms with van der Waals surface area (Å²) in [7, 11) is 1.60. The van der Waals surface area contributed by atoms with Gasteiger partial charge in [0.15, 0.2) is 0 Å². The topological polar surface area (TPSA) is 78.3 Å². The molecule has 0 heterocycles. The number of halogens is 1. The van der Waals surface area contributed by atoms with Gasteiger partial charge in [0.2, 0.25) is 5.91 Å². The quantitative estimate of drug-likeness (QED) is 0.654.